The van der Waals surface area contributed by atoms with E-state index in [0.717, 1.165) is 39.3 Å². The highest BCUT2D eigenvalue weighted by Crippen LogP contribution is 2.33. The average molecular weight is 274 g/mol. The minimum Gasteiger partial charge on any atom is -0.244 e. The lowest BCUT2D eigenvalue weighted by Gasteiger charge is -2.04. The largest absolute Gasteiger partial charge is 0.244 e. The summed E-state index contributed by atoms with van der Waals surface area (Å²) < 4.78 is 0.842. The summed E-state index contributed by atoms with van der Waals surface area (Å²) in [6, 6.07) is 4.20. The second-order valence-corrected chi connectivity index (χ2v) is 6.52. The standard InChI is InChI=1S/C12H10N4S2/c1-7-15-16-12(17-7)18-11-9(6-13)5-8-3-2-4-10(8)14-11/h5H,2-4H2,1H3. The number of aryl methyl sites for hydroxylation is 3. The molecule has 0 saturated carbocycles. The quantitative estimate of drug-likeness (QED) is 0.842. The summed E-state index contributed by atoms with van der Waals surface area (Å²) in [7, 11) is 0. The molecule has 2 aromatic rings. The Labute approximate surface area is 113 Å². The number of hydrogen-bond acceptors (Lipinski definition) is 6. The van der Waals surface area contributed by atoms with Crippen LogP contribution in [0, 0.1) is 18.3 Å². The van der Waals surface area contributed by atoms with Gasteiger partial charge in [0.1, 0.15) is 16.1 Å². The maximum absolute atomic E-state index is 9.20. The zero-order valence-corrected chi connectivity index (χ0v) is 11.4. The van der Waals surface area contributed by atoms with Crippen LogP contribution in [0.2, 0.25) is 0 Å². The summed E-state index contributed by atoms with van der Waals surface area (Å²) in [4.78, 5) is 4.61. The molecule has 0 saturated heterocycles. The van der Waals surface area contributed by atoms with E-state index in [0.29, 0.717) is 5.56 Å². The first kappa shape index (κ1) is 11.6. The van der Waals surface area contributed by atoms with Crippen LogP contribution in [-0.2, 0) is 12.8 Å². The van der Waals surface area contributed by atoms with Gasteiger partial charge in [-0.25, -0.2) is 4.98 Å². The highest BCUT2D eigenvalue weighted by Gasteiger charge is 2.18. The summed E-state index contributed by atoms with van der Waals surface area (Å²) in [6.45, 7) is 1.92. The molecule has 0 N–H and O–H groups in total. The normalized spacial score (nSPS) is 13.3. The monoisotopic (exact) mass is 274 g/mol. The fourth-order valence-electron chi connectivity index (χ4n) is 2.01. The van der Waals surface area contributed by atoms with Crippen LogP contribution in [-0.4, -0.2) is 15.2 Å². The Kier molecular flexibility index (Phi) is 3.02. The van der Waals surface area contributed by atoms with Gasteiger partial charge >= 0.3 is 0 Å². The van der Waals surface area contributed by atoms with E-state index < -0.39 is 0 Å². The van der Waals surface area contributed by atoms with Crippen molar-refractivity contribution in [2.75, 3.05) is 0 Å². The average Bonchev–Trinajstić information content (AvgIpc) is 2.97. The smallest absolute Gasteiger partial charge is 0.180 e. The number of pyridine rings is 1. The molecule has 0 spiro atoms. The molecule has 0 aliphatic heterocycles. The number of rotatable bonds is 2. The zero-order valence-electron chi connectivity index (χ0n) is 9.80. The molecule has 2 heterocycles. The van der Waals surface area contributed by atoms with Crippen LogP contribution < -0.4 is 0 Å². The Balaban J connectivity index is 1.98. The fourth-order valence-corrected chi connectivity index (χ4v) is 3.81. The van der Waals surface area contributed by atoms with Crippen LogP contribution in [0.1, 0.15) is 28.2 Å². The molecule has 0 fully saturated rings. The second-order valence-electron chi connectivity index (χ2n) is 4.10. The lowest BCUT2D eigenvalue weighted by atomic mass is 10.2. The highest BCUT2D eigenvalue weighted by molar-refractivity contribution is 8.01. The van der Waals surface area contributed by atoms with Gasteiger partial charge in [-0.05, 0) is 49.6 Å². The zero-order chi connectivity index (χ0) is 12.5. The van der Waals surface area contributed by atoms with Gasteiger partial charge in [0.25, 0.3) is 0 Å². The number of hydrogen-bond donors (Lipinski definition) is 0. The van der Waals surface area contributed by atoms with Crippen molar-refractivity contribution in [3.8, 4) is 6.07 Å². The number of fused-ring (bicyclic) bond motifs is 1. The Bertz CT molecular complexity index is 642. The van der Waals surface area contributed by atoms with Crippen molar-refractivity contribution in [2.45, 2.75) is 35.6 Å². The van der Waals surface area contributed by atoms with E-state index in [1.54, 1.807) is 0 Å². The van der Waals surface area contributed by atoms with Crippen LogP contribution in [0.15, 0.2) is 15.4 Å². The third kappa shape index (κ3) is 2.11. The molecule has 0 radical (unpaired) electrons. The van der Waals surface area contributed by atoms with Crippen molar-refractivity contribution in [2.24, 2.45) is 0 Å². The number of nitriles is 1. The molecule has 1 aliphatic carbocycles. The molecular weight excluding hydrogens is 264 g/mol. The molecule has 0 unspecified atom stereocenters. The predicted molar refractivity (Wildman–Crippen MR) is 69.7 cm³/mol. The van der Waals surface area contributed by atoms with Crippen LogP contribution in [0.25, 0.3) is 0 Å². The number of nitrogens with zero attached hydrogens (tertiary/aromatic N) is 4. The molecule has 0 bridgehead atoms. The molecule has 0 atom stereocenters. The van der Waals surface area contributed by atoms with E-state index in [1.165, 1.54) is 28.7 Å². The Hall–Kier alpha value is -1.45. The first-order valence-corrected chi connectivity index (χ1v) is 7.30. The third-order valence-electron chi connectivity index (χ3n) is 2.83. The lowest BCUT2D eigenvalue weighted by Crippen LogP contribution is -1.94. The summed E-state index contributed by atoms with van der Waals surface area (Å²) in [6.07, 6.45) is 3.20. The van der Waals surface area contributed by atoms with Crippen molar-refractivity contribution >= 4 is 23.1 Å². The summed E-state index contributed by atoms with van der Waals surface area (Å²) >= 11 is 2.96. The third-order valence-corrected chi connectivity index (χ3v) is 4.72. The van der Waals surface area contributed by atoms with Crippen molar-refractivity contribution in [3.05, 3.63) is 27.9 Å². The topological polar surface area (TPSA) is 62.5 Å². The minimum atomic E-state index is 0.647. The summed E-state index contributed by atoms with van der Waals surface area (Å²) in [5.41, 5.74) is 3.01. The Morgan fingerprint density at radius 2 is 2.28 bits per heavy atom. The van der Waals surface area contributed by atoms with E-state index in [1.807, 2.05) is 13.0 Å². The van der Waals surface area contributed by atoms with Gasteiger partial charge in [-0.1, -0.05) is 11.3 Å². The molecule has 0 amide bonds. The fraction of sp³-hybridized carbons (Fsp3) is 0.333. The van der Waals surface area contributed by atoms with E-state index in [-0.39, 0.29) is 0 Å². The molecule has 0 aromatic carbocycles. The summed E-state index contributed by atoms with van der Waals surface area (Å²) in [5.74, 6) is 0. The molecule has 90 valence electrons. The van der Waals surface area contributed by atoms with Gasteiger partial charge in [0.15, 0.2) is 4.34 Å². The van der Waals surface area contributed by atoms with Gasteiger partial charge in [0.2, 0.25) is 0 Å². The van der Waals surface area contributed by atoms with E-state index in [4.69, 9.17) is 0 Å². The molecule has 2 aromatic heterocycles. The van der Waals surface area contributed by atoms with Crippen LogP contribution in [0.4, 0.5) is 0 Å². The molecule has 1 aliphatic rings. The van der Waals surface area contributed by atoms with Crippen LogP contribution >= 0.6 is 23.1 Å². The first-order chi connectivity index (χ1) is 8.76. The molecule has 18 heavy (non-hydrogen) atoms. The van der Waals surface area contributed by atoms with E-state index in [2.05, 4.69) is 21.3 Å². The van der Waals surface area contributed by atoms with Crippen LogP contribution in [0.3, 0.4) is 0 Å². The van der Waals surface area contributed by atoms with Gasteiger partial charge < -0.3 is 0 Å². The van der Waals surface area contributed by atoms with Gasteiger partial charge in [-0.3, -0.25) is 0 Å². The van der Waals surface area contributed by atoms with E-state index in [9.17, 15) is 5.26 Å². The Morgan fingerprint density at radius 3 is 3.00 bits per heavy atom. The molecule has 3 rings (SSSR count). The maximum Gasteiger partial charge on any atom is 0.180 e. The van der Waals surface area contributed by atoms with Crippen molar-refractivity contribution in [3.63, 3.8) is 0 Å². The van der Waals surface area contributed by atoms with E-state index >= 15 is 0 Å². The van der Waals surface area contributed by atoms with Gasteiger partial charge in [-0.15, -0.1) is 10.2 Å². The molecule has 4 nitrogen and oxygen atoms in total. The summed E-state index contributed by atoms with van der Waals surface area (Å²) in [5, 5.41) is 18.9. The lowest BCUT2D eigenvalue weighted by molar-refractivity contribution is 0.890. The predicted octanol–water partition coefficient (Wildman–Crippen LogP) is 2.75. The van der Waals surface area contributed by atoms with Crippen molar-refractivity contribution in [1.29, 1.82) is 5.26 Å². The molecule has 6 heteroatoms. The van der Waals surface area contributed by atoms with Gasteiger partial charge in [-0.2, -0.15) is 5.26 Å². The molecular formula is C12H10N4S2. The van der Waals surface area contributed by atoms with Crippen molar-refractivity contribution in [1.82, 2.24) is 15.2 Å². The van der Waals surface area contributed by atoms with Gasteiger partial charge in [0, 0.05) is 5.69 Å². The first-order valence-electron chi connectivity index (χ1n) is 5.67. The minimum absolute atomic E-state index is 0.647. The van der Waals surface area contributed by atoms with Crippen LogP contribution in [0.5, 0.6) is 0 Å². The number of aromatic nitrogens is 3. The second kappa shape index (κ2) is 4.67. The van der Waals surface area contributed by atoms with Gasteiger partial charge in [0.05, 0.1) is 5.56 Å². The Morgan fingerprint density at radius 1 is 1.39 bits per heavy atom. The van der Waals surface area contributed by atoms with Crippen molar-refractivity contribution < 1.29 is 0 Å². The highest BCUT2D eigenvalue weighted by atomic mass is 32.2. The SMILES string of the molecule is Cc1nnc(Sc2nc3c(cc2C#N)CCC3)s1. The maximum atomic E-state index is 9.20.